The highest BCUT2D eigenvalue weighted by molar-refractivity contribution is 5.97. The van der Waals surface area contributed by atoms with Crippen molar-refractivity contribution in [2.24, 2.45) is 5.92 Å². The fraction of sp³-hybridized carbons (Fsp3) is 0.263. The van der Waals surface area contributed by atoms with Crippen molar-refractivity contribution < 1.29 is 22.8 Å². The first-order valence-corrected chi connectivity index (χ1v) is 8.13. The van der Waals surface area contributed by atoms with Crippen molar-refractivity contribution in [3.63, 3.8) is 0 Å². The molecule has 1 fully saturated rings. The maximum absolute atomic E-state index is 13.7. The third-order valence-electron chi connectivity index (χ3n) is 4.50. The zero-order chi connectivity index (χ0) is 18.8. The average molecular weight is 362 g/mol. The topological polar surface area (TPSA) is 49.4 Å². The third kappa shape index (κ3) is 3.56. The van der Waals surface area contributed by atoms with Crippen molar-refractivity contribution >= 4 is 17.5 Å². The molecule has 1 atom stereocenters. The van der Waals surface area contributed by atoms with Crippen LogP contribution in [0.1, 0.15) is 17.5 Å². The Morgan fingerprint density at radius 2 is 1.88 bits per heavy atom. The molecule has 0 radical (unpaired) electrons. The first-order valence-electron chi connectivity index (χ1n) is 8.13. The van der Waals surface area contributed by atoms with Gasteiger partial charge in [-0.15, -0.1) is 0 Å². The van der Waals surface area contributed by atoms with E-state index in [0.29, 0.717) is 6.54 Å². The van der Waals surface area contributed by atoms with E-state index in [1.54, 1.807) is 4.90 Å². The van der Waals surface area contributed by atoms with Crippen LogP contribution in [0.4, 0.5) is 18.9 Å². The van der Waals surface area contributed by atoms with E-state index in [2.05, 4.69) is 5.32 Å². The van der Waals surface area contributed by atoms with Crippen molar-refractivity contribution in [3.8, 4) is 0 Å². The molecule has 0 aliphatic carbocycles. The number of hydrogen-bond acceptors (Lipinski definition) is 2. The van der Waals surface area contributed by atoms with Gasteiger partial charge >= 0.3 is 0 Å². The zero-order valence-electron chi connectivity index (χ0n) is 14.1. The molecule has 136 valence electrons. The summed E-state index contributed by atoms with van der Waals surface area (Å²) >= 11 is 0. The lowest BCUT2D eigenvalue weighted by Crippen LogP contribution is -2.28. The van der Waals surface area contributed by atoms with Gasteiger partial charge in [0.05, 0.1) is 11.6 Å². The van der Waals surface area contributed by atoms with Crippen LogP contribution in [0, 0.1) is 30.3 Å². The van der Waals surface area contributed by atoms with E-state index in [9.17, 15) is 22.8 Å². The van der Waals surface area contributed by atoms with Crippen molar-refractivity contribution in [1.29, 1.82) is 0 Å². The van der Waals surface area contributed by atoms with Gasteiger partial charge < -0.3 is 10.2 Å². The van der Waals surface area contributed by atoms with Gasteiger partial charge in [-0.3, -0.25) is 9.59 Å². The van der Waals surface area contributed by atoms with Gasteiger partial charge in [0, 0.05) is 19.5 Å². The summed E-state index contributed by atoms with van der Waals surface area (Å²) < 4.78 is 39.9. The summed E-state index contributed by atoms with van der Waals surface area (Å²) in [6, 6.07) is 9.31. The molecule has 0 aromatic heterocycles. The number of amides is 2. The molecular formula is C19H17F3N2O2. The van der Waals surface area contributed by atoms with Crippen molar-refractivity contribution in [1.82, 2.24) is 4.90 Å². The fourth-order valence-electron chi connectivity index (χ4n) is 2.95. The molecule has 2 aromatic rings. The van der Waals surface area contributed by atoms with Gasteiger partial charge in [0.1, 0.15) is 0 Å². The number of anilines is 1. The van der Waals surface area contributed by atoms with Crippen LogP contribution >= 0.6 is 0 Å². The minimum Gasteiger partial charge on any atom is -0.338 e. The van der Waals surface area contributed by atoms with Gasteiger partial charge in [-0.05, 0) is 30.2 Å². The van der Waals surface area contributed by atoms with E-state index in [1.165, 1.54) is 0 Å². The first kappa shape index (κ1) is 18.0. The van der Waals surface area contributed by atoms with E-state index in [1.807, 2.05) is 31.2 Å². The number of benzene rings is 2. The summed E-state index contributed by atoms with van der Waals surface area (Å²) in [6.07, 6.45) is -0.0109. The monoisotopic (exact) mass is 362 g/mol. The summed E-state index contributed by atoms with van der Waals surface area (Å²) in [7, 11) is 0. The van der Waals surface area contributed by atoms with Gasteiger partial charge in [0.25, 0.3) is 0 Å². The third-order valence-corrected chi connectivity index (χ3v) is 4.50. The summed E-state index contributed by atoms with van der Waals surface area (Å²) in [4.78, 5) is 26.0. The number of rotatable bonds is 4. The maximum Gasteiger partial charge on any atom is 0.229 e. The molecule has 1 unspecified atom stereocenters. The van der Waals surface area contributed by atoms with Crippen molar-refractivity contribution in [2.75, 3.05) is 11.9 Å². The molecule has 1 saturated heterocycles. The molecular weight excluding hydrogens is 345 g/mol. The largest absolute Gasteiger partial charge is 0.338 e. The minimum atomic E-state index is -1.65. The SMILES string of the molecule is Cc1ccccc1CN1CC(C(=O)Nc2ccc(F)c(F)c2F)CC1=O. The van der Waals surface area contributed by atoms with Crippen LogP contribution < -0.4 is 5.32 Å². The van der Waals surface area contributed by atoms with E-state index < -0.39 is 35.0 Å². The Labute approximate surface area is 148 Å². The Balaban J connectivity index is 1.68. The number of hydrogen-bond donors (Lipinski definition) is 1. The van der Waals surface area contributed by atoms with Crippen LogP contribution in [0.5, 0.6) is 0 Å². The number of halogens is 3. The molecule has 1 aliphatic rings. The quantitative estimate of drug-likeness (QED) is 0.848. The van der Waals surface area contributed by atoms with Gasteiger partial charge in [-0.25, -0.2) is 13.2 Å². The second-order valence-corrected chi connectivity index (χ2v) is 6.31. The fourth-order valence-corrected chi connectivity index (χ4v) is 2.95. The highest BCUT2D eigenvalue weighted by Crippen LogP contribution is 2.25. The van der Waals surface area contributed by atoms with Crippen LogP contribution in [0.25, 0.3) is 0 Å². The van der Waals surface area contributed by atoms with Crippen LogP contribution in [0.2, 0.25) is 0 Å². The molecule has 1 aliphatic heterocycles. The molecule has 26 heavy (non-hydrogen) atoms. The molecule has 2 amide bonds. The summed E-state index contributed by atoms with van der Waals surface area (Å²) in [5.74, 6) is -5.90. The predicted octanol–water partition coefficient (Wildman–Crippen LogP) is 3.40. The van der Waals surface area contributed by atoms with Gasteiger partial charge in [0.15, 0.2) is 17.5 Å². The molecule has 4 nitrogen and oxygen atoms in total. The number of aryl methyl sites for hydroxylation is 1. The lowest BCUT2D eigenvalue weighted by atomic mass is 10.1. The van der Waals surface area contributed by atoms with Gasteiger partial charge in [-0.2, -0.15) is 0 Å². The van der Waals surface area contributed by atoms with Gasteiger partial charge in [0.2, 0.25) is 11.8 Å². The number of likely N-dealkylation sites (tertiary alicyclic amines) is 1. The number of nitrogens with one attached hydrogen (secondary N) is 1. The smallest absolute Gasteiger partial charge is 0.229 e. The van der Waals surface area contributed by atoms with Crippen LogP contribution in [0.15, 0.2) is 36.4 Å². The Bertz CT molecular complexity index is 870. The molecule has 3 rings (SSSR count). The molecule has 1 heterocycles. The second-order valence-electron chi connectivity index (χ2n) is 6.31. The predicted molar refractivity (Wildman–Crippen MR) is 89.6 cm³/mol. The Kier molecular flexibility index (Phi) is 4.97. The van der Waals surface area contributed by atoms with E-state index >= 15 is 0 Å². The summed E-state index contributed by atoms with van der Waals surface area (Å²) in [5.41, 5.74) is 1.57. The molecule has 1 N–H and O–H groups in total. The molecule has 0 saturated carbocycles. The Hall–Kier alpha value is -2.83. The van der Waals surface area contributed by atoms with E-state index in [0.717, 1.165) is 23.3 Å². The van der Waals surface area contributed by atoms with Gasteiger partial charge in [-0.1, -0.05) is 24.3 Å². The minimum absolute atomic E-state index is 0.0109. The van der Waals surface area contributed by atoms with Crippen LogP contribution in [-0.4, -0.2) is 23.3 Å². The zero-order valence-corrected chi connectivity index (χ0v) is 14.1. The number of nitrogens with zero attached hydrogens (tertiary/aromatic N) is 1. The number of carbonyl (C=O) groups is 2. The highest BCUT2D eigenvalue weighted by atomic mass is 19.2. The lowest BCUT2D eigenvalue weighted by Gasteiger charge is -2.18. The second kappa shape index (κ2) is 7.19. The average Bonchev–Trinajstić information content (AvgIpc) is 2.98. The molecule has 7 heteroatoms. The van der Waals surface area contributed by atoms with Crippen molar-refractivity contribution in [2.45, 2.75) is 19.9 Å². The van der Waals surface area contributed by atoms with Crippen molar-refractivity contribution in [3.05, 3.63) is 65.0 Å². The Morgan fingerprint density at radius 1 is 1.15 bits per heavy atom. The highest BCUT2D eigenvalue weighted by Gasteiger charge is 2.34. The lowest BCUT2D eigenvalue weighted by molar-refractivity contribution is -0.128. The van der Waals surface area contributed by atoms with E-state index in [-0.39, 0.29) is 18.9 Å². The molecule has 0 spiro atoms. The maximum atomic E-state index is 13.7. The normalized spacial score (nSPS) is 16.8. The Morgan fingerprint density at radius 3 is 2.62 bits per heavy atom. The summed E-state index contributed by atoms with van der Waals surface area (Å²) in [6.45, 7) is 2.51. The van der Waals surface area contributed by atoms with Crippen LogP contribution in [0.3, 0.4) is 0 Å². The number of carbonyl (C=O) groups excluding carboxylic acids is 2. The molecule has 2 aromatic carbocycles. The summed E-state index contributed by atoms with van der Waals surface area (Å²) in [5, 5.41) is 2.24. The standard InChI is InChI=1S/C19H17F3N2O2/c1-11-4-2-3-5-12(11)9-24-10-13(8-16(24)25)19(26)23-15-7-6-14(20)17(21)18(15)22/h2-7,13H,8-10H2,1H3,(H,23,26). The van der Waals surface area contributed by atoms with Crippen LogP contribution in [-0.2, 0) is 16.1 Å². The van der Waals surface area contributed by atoms with E-state index in [4.69, 9.17) is 0 Å². The molecule has 0 bridgehead atoms. The first-order chi connectivity index (χ1) is 12.4.